The van der Waals surface area contributed by atoms with E-state index >= 15 is 0 Å². The molecule has 0 spiro atoms. The van der Waals surface area contributed by atoms with Gasteiger partial charge in [-0.1, -0.05) is 13.8 Å². The number of nitrogens with one attached hydrogen (secondary N) is 1. The number of nitrogens with zero attached hydrogens (tertiary/aromatic N) is 2. The molecule has 1 aromatic rings. The minimum atomic E-state index is 0.352. The van der Waals surface area contributed by atoms with E-state index in [1.54, 1.807) is 0 Å². The Morgan fingerprint density at radius 2 is 2.37 bits per heavy atom. The molecule has 1 fully saturated rings. The number of rotatable bonds is 6. The van der Waals surface area contributed by atoms with Crippen molar-refractivity contribution in [3.05, 3.63) is 24.0 Å². The molecule has 1 atom stereocenters. The second kappa shape index (κ2) is 7.46. The van der Waals surface area contributed by atoms with E-state index in [0.29, 0.717) is 6.10 Å². The number of pyridine rings is 1. The Kier molecular flexibility index (Phi) is 5.61. The Morgan fingerprint density at radius 3 is 3.16 bits per heavy atom. The first-order valence-electron chi connectivity index (χ1n) is 7.35. The summed E-state index contributed by atoms with van der Waals surface area (Å²) < 4.78 is 5.74. The molecule has 0 saturated carbocycles. The van der Waals surface area contributed by atoms with Gasteiger partial charge in [-0.05, 0) is 31.0 Å². The fourth-order valence-electron chi connectivity index (χ4n) is 2.43. The van der Waals surface area contributed by atoms with Gasteiger partial charge in [-0.15, -0.1) is 0 Å². The predicted molar refractivity (Wildman–Crippen MR) is 78.5 cm³/mol. The van der Waals surface area contributed by atoms with Crippen LogP contribution in [-0.2, 0) is 11.3 Å². The Labute approximate surface area is 116 Å². The van der Waals surface area contributed by atoms with Crippen LogP contribution in [0.4, 0.5) is 5.69 Å². The zero-order valence-electron chi connectivity index (χ0n) is 12.1. The van der Waals surface area contributed by atoms with Crippen LogP contribution < -0.4 is 10.2 Å². The van der Waals surface area contributed by atoms with E-state index in [9.17, 15) is 0 Å². The first-order chi connectivity index (χ1) is 9.35. The van der Waals surface area contributed by atoms with Crippen molar-refractivity contribution in [3.8, 4) is 0 Å². The highest BCUT2D eigenvalue weighted by atomic mass is 16.5. The lowest BCUT2D eigenvalue weighted by atomic mass is 10.1. The molecule has 1 aliphatic rings. The van der Waals surface area contributed by atoms with Gasteiger partial charge in [0.25, 0.3) is 0 Å². The SMILES string of the molecule is CCCNCc1ccncc1N1CCOC(CC)C1. The fourth-order valence-corrected chi connectivity index (χ4v) is 2.43. The lowest BCUT2D eigenvalue weighted by molar-refractivity contribution is 0.0383. The van der Waals surface area contributed by atoms with Crippen LogP contribution in [0, 0.1) is 0 Å². The van der Waals surface area contributed by atoms with Gasteiger partial charge in [-0.2, -0.15) is 0 Å². The maximum Gasteiger partial charge on any atom is 0.0748 e. The van der Waals surface area contributed by atoms with Gasteiger partial charge in [0.15, 0.2) is 0 Å². The Bertz CT molecular complexity index is 383. The second-order valence-corrected chi connectivity index (χ2v) is 5.03. The van der Waals surface area contributed by atoms with Gasteiger partial charge in [-0.3, -0.25) is 4.98 Å². The van der Waals surface area contributed by atoms with E-state index in [2.05, 4.69) is 35.1 Å². The molecule has 1 aliphatic heterocycles. The highest BCUT2D eigenvalue weighted by Gasteiger charge is 2.20. The van der Waals surface area contributed by atoms with Crippen molar-refractivity contribution in [2.45, 2.75) is 39.3 Å². The maximum atomic E-state index is 5.74. The average Bonchev–Trinajstić information content (AvgIpc) is 2.48. The quantitative estimate of drug-likeness (QED) is 0.798. The topological polar surface area (TPSA) is 37.4 Å². The zero-order chi connectivity index (χ0) is 13.5. The van der Waals surface area contributed by atoms with E-state index in [0.717, 1.165) is 45.6 Å². The van der Waals surface area contributed by atoms with E-state index in [-0.39, 0.29) is 0 Å². The third-order valence-electron chi connectivity index (χ3n) is 3.56. The third kappa shape index (κ3) is 3.91. The van der Waals surface area contributed by atoms with Gasteiger partial charge < -0.3 is 15.0 Å². The van der Waals surface area contributed by atoms with Gasteiger partial charge in [0.2, 0.25) is 0 Å². The van der Waals surface area contributed by atoms with Gasteiger partial charge in [0, 0.05) is 25.8 Å². The Hall–Kier alpha value is -1.13. The van der Waals surface area contributed by atoms with Crippen LogP contribution in [0.3, 0.4) is 0 Å². The lowest BCUT2D eigenvalue weighted by Gasteiger charge is -2.35. The summed E-state index contributed by atoms with van der Waals surface area (Å²) in [5.74, 6) is 0. The molecule has 2 rings (SSSR count). The molecule has 4 heteroatoms. The first-order valence-corrected chi connectivity index (χ1v) is 7.35. The number of hydrogen-bond donors (Lipinski definition) is 1. The molecule has 4 nitrogen and oxygen atoms in total. The summed E-state index contributed by atoms with van der Waals surface area (Å²) in [5.41, 5.74) is 2.59. The van der Waals surface area contributed by atoms with E-state index in [1.807, 2.05) is 12.4 Å². The van der Waals surface area contributed by atoms with Crippen LogP contribution in [0.15, 0.2) is 18.5 Å². The maximum absolute atomic E-state index is 5.74. The molecular weight excluding hydrogens is 238 g/mol. The number of aromatic nitrogens is 1. The van der Waals surface area contributed by atoms with Crippen molar-refractivity contribution < 1.29 is 4.74 Å². The van der Waals surface area contributed by atoms with Crippen LogP contribution in [0.1, 0.15) is 32.3 Å². The van der Waals surface area contributed by atoms with Crippen LogP contribution in [0.5, 0.6) is 0 Å². The summed E-state index contributed by atoms with van der Waals surface area (Å²) in [7, 11) is 0. The summed E-state index contributed by atoms with van der Waals surface area (Å²) in [4.78, 5) is 6.70. The highest BCUT2D eigenvalue weighted by molar-refractivity contribution is 5.52. The monoisotopic (exact) mass is 263 g/mol. The molecule has 0 bridgehead atoms. The minimum Gasteiger partial charge on any atom is -0.375 e. The second-order valence-electron chi connectivity index (χ2n) is 5.03. The first kappa shape index (κ1) is 14.3. The van der Waals surface area contributed by atoms with Crippen LogP contribution in [-0.4, -0.2) is 37.3 Å². The van der Waals surface area contributed by atoms with Crippen LogP contribution in [0.2, 0.25) is 0 Å². The molecule has 19 heavy (non-hydrogen) atoms. The molecule has 0 aliphatic carbocycles. The van der Waals surface area contributed by atoms with Crippen LogP contribution in [0.25, 0.3) is 0 Å². The standard InChI is InChI=1S/C15H25N3O/c1-3-6-16-10-13-5-7-17-11-15(13)18-8-9-19-14(4-2)12-18/h5,7,11,14,16H,3-4,6,8-10,12H2,1-2H3. The van der Waals surface area contributed by atoms with Gasteiger partial charge in [0.05, 0.1) is 24.6 Å². The van der Waals surface area contributed by atoms with Crippen molar-refractivity contribution in [2.24, 2.45) is 0 Å². The van der Waals surface area contributed by atoms with E-state index < -0.39 is 0 Å². The van der Waals surface area contributed by atoms with Gasteiger partial charge >= 0.3 is 0 Å². The predicted octanol–water partition coefficient (Wildman–Crippen LogP) is 2.20. The lowest BCUT2D eigenvalue weighted by Crippen LogP contribution is -2.42. The molecule has 1 aromatic heterocycles. The van der Waals surface area contributed by atoms with Crippen molar-refractivity contribution in [2.75, 3.05) is 31.1 Å². The van der Waals surface area contributed by atoms with Crippen molar-refractivity contribution >= 4 is 5.69 Å². The molecule has 2 heterocycles. The normalized spacial score (nSPS) is 19.7. The van der Waals surface area contributed by atoms with Gasteiger partial charge in [0.1, 0.15) is 0 Å². The summed E-state index contributed by atoms with van der Waals surface area (Å²) >= 11 is 0. The van der Waals surface area contributed by atoms with Crippen molar-refractivity contribution in [1.29, 1.82) is 0 Å². The number of anilines is 1. The molecule has 1 saturated heterocycles. The summed E-state index contributed by atoms with van der Waals surface area (Å²) in [6.45, 7) is 9.10. The molecular formula is C15H25N3O. The summed E-state index contributed by atoms with van der Waals surface area (Å²) in [6, 6.07) is 2.12. The third-order valence-corrected chi connectivity index (χ3v) is 3.56. The number of morpholine rings is 1. The smallest absolute Gasteiger partial charge is 0.0748 e. The molecule has 1 N–H and O–H groups in total. The van der Waals surface area contributed by atoms with E-state index in [4.69, 9.17) is 4.74 Å². The Morgan fingerprint density at radius 1 is 1.47 bits per heavy atom. The Balaban J connectivity index is 2.05. The van der Waals surface area contributed by atoms with Gasteiger partial charge in [-0.25, -0.2) is 0 Å². The average molecular weight is 263 g/mol. The molecule has 106 valence electrons. The molecule has 0 aromatic carbocycles. The molecule has 0 amide bonds. The van der Waals surface area contributed by atoms with Crippen LogP contribution >= 0.6 is 0 Å². The van der Waals surface area contributed by atoms with E-state index in [1.165, 1.54) is 11.3 Å². The molecule has 1 unspecified atom stereocenters. The minimum absolute atomic E-state index is 0.352. The number of hydrogen-bond acceptors (Lipinski definition) is 4. The fraction of sp³-hybridized carbons (Fsp3) is 0.667. The molecule has 0 radical (unpaired) electrons. The van der Waals surface area contributed by atoms with Crippen molar-refractivity contribution in [1.82, 2.24) is 10.3 Å². The summed E-state index contributed by atoms with van der Waals surface area (Å²) in [5, 5.41) is 3.47. The number of ether oxygens (including phenoxy) is 1. The zero-order valence-corrected chi connectivity index (χ0v) is 12.1. The van der Waals surface area contributed by atoms with Crippen molar-refractivity contribution in [3.63, 3.8) is 0 Å². The largest absolute Gasteiger partial charge is 0.375 e. The highest BCUT2D eigenvalue weighted by Crippen LogP contribution is 2.22. The summed E-state index contributed by atoms with van der Waals surface area (Å²) in [6.07, 6.45) is 6.45.